The number of hydrogen-bond acceptors (Lipinski definition) is 4. The second-order valence-corrected chi connectivity index (χ2v) is 11.9. The molecule has 0 aliphatic heterocycles. The lowest BCUT2D eigenvalue weighted by molar-refractivity contribution is -0.140. The first-order chi connectivity index (χ1) is 16.8. The van der Waals surface area contributed by atoms with Crippen LogP contribution in [0, 0.1) is 13.8 Å². The van der Waals surface area contributed by atoms with Crippen molar-refractivity contribution in [3.63, 3.8) is 0 Å². The maximum Gasteiger partial charge on any atom is 0.244 e. The van der Waals surface area contributed by atoms with Gasteiger partial charge in [0.1, 0.15) is 12.6 Å². The smallest absolute Gasteiger partial charge is 0.244 e. The fraction of sp³-hybridized carbons (Fsp3) is 0.462. The number of halogens is 2. The highest BCUT2D eigenvalue weighted by Gasteiger charge is 2.32. The zero-order valence-electron chi connectivity index (χ0n) is 21.6. The van der Waals surface area contributed by atoms with Crippen molar-refractivity contribution in [2.75, 3.05) is 17.1 Å². The highest BCUT2D eigenvalue weighted by molar-refractivity contribution is 7.92. The number of anilines is 1. The summed E-state index contributed by atoms with van der Waals surface area (Å²) in [6, 6.07) is 9.38. The van der Waals surface area contributed by atoms with Crippen LogP contribution in [0.4, 0.5) is 5.69 Å². The van der Waals surface area contributed by atoms with Gasteiger partial charge >= 0.3 is 0 Å². The number of amides is 2. The monoisotopic (exact) mass is 555 g/mol. The molecule has 2 rings (SSSR count). The topological polar surface area (TPSA) is 86.8 Å². The average molecular weight is 557 g/mol. The summed E-state index contributed by atoms with van der Waals surface area (Å²) in [7, 11) is -3.80. The minimum Gasteiger partial charge on any atom is -0.352 e. The Morgan fingerprint density at radius 2 is 1.61 bits per heavy atom. The second kappa shape index (κ2) is 12.8. The molecular formula is C26H35Cl2N3O4S. The van der Waals surface area contributed by atoms with Crippen molar-refractivity contribution in [1.29, 1.82) is 0 Å². The van der Waals surface area contributed by atoms with E-state index in [2.05, 4.69) is 5.32 Å². The first kappa shape index (κ1) is 29.9. The summed E-state index contributed by atoms with van der Waals surface area (Å²) in [4.78, 5) is 28.3. The van der Waals surface area contributed by atoms with Crippen LogP contribution in [0.1, 0.15) is 50.3 Å². The van der Waals surface area contributed by atoms with Gasteiger partial charge in [0.15, 0.2) is 0 Å². The van der Waals surface area contributed by atoms with Crippen LogP contribution < -0.4 is 9.62 Å². The Balaban J connectivity index is 2.51. The second-order valence-electron chi connectivity index (χ2n) is 9.11. The number of hydrogen-bond donors (Lipinski definition) is 1. The van der Waals surface area contributed by atoms with E-state index in [9.17, 15) is 18.0 Å². The highest BCUT2D eigenvalue weighted by Crippen LogP contribution is 2.25. The van der Waals surface area contributed by atoms with Crippen molar-refractivity contribution in [1.82, 2.24) is 10.2 Å². The van der Waals surface area contributed by atoms with Crippen molar-refractivity contribution >= 4 is 50.7 Å². The van der Waals surface area contributed by atoms with E-state index in [1.807, 2.05) is 40.7 Å². The zero-order valence-corrected chi connectivity index (χ0v) is 24.0. The number of benzene rings is 2. The molecule has 0 spiro atoms. The van der Waals surface area contributed by atoms with Crippen LogP contribution in [0.2, 0.25) is 10.0 Å². The Bertz CT molecular complexity index is 1180. The lowest BCUT2D eigenvalue weighted by atomic mass is 10.1. The van der Waals surface area contributed by atoms with E-state index >= 15 is 0 Å². The maximum atomic E-state index is 13.8. The van der Waals surface area contributed by atoms with Gasteiger partial charge in [0.2, 0.25) is 21.8 Å². The van der Waals surface area contributed by atoms with Crippen LogP contribution in [0.5, 0.6) is 0 Å². The molecular weight excluding hydrogens is 521 g/mol. The van der Waals surface area contributed by atoms with Gasteiger partial charge in [-0.1, -0.05) is 49.2 Å². The van der Waals surface area contributed by atoms with Gasteiger partial charge in [-0.3, -0.25) is 13.9 Å². The molecule has 7 nitrogen and oxygen atoms in total. The highest BCUT2D eigenvalue weighted by atomic mass is 35.5. The molecule has 0 aliphatic carbocycles. The van der Waals surface area contributed by atoms with Crippen molar-refractivity contribution in [3.8, 4) is 0 Å². The molecule has 0 unspecified atom stereocenters. The predicted molar refractivity (Wildman–Crippen MR) is 147 cm³/mol. The normalized spacial score (nSPS) is 13.1. The van der Waals surface area contributed by atoms with E-state index < -0.39 is 28.5 Å². The van der Waals surface area contributed by atoms with Crippen LogP contribution in [0.25, 0.3) is 0 Å². The third-order valence-corrected chi connectivity index (χ3v) is 7.64. The first-order valence-corrected chi connectivity index (χ1v) is 14.5. The molecule has 0 aromatic heterocycles. The Hall–Kier alpha value is -2.29. The lowest BCUT2D eigenvalue weighted by Gasteiger charge is -2.33. The van der Waals surface area contributed by atoms with E-state index in [0.29, 0.717) is 27.7 Å². The molecule has 0 saturated carbocycles. The summed E-state index contributed by atoms with van der Waals surface area (Å²) in [5, 5.41) is 3.74. The summed E-state index contributed by atoms with van der Waals surface area (Å²) < 4.78 is 26.6. The molecule has 36 heavy (non-hydrogen) atoms. The maximum absolute atomic E-state index is 13.8. The summed E-state index contributed by atoms with van der Waals surface area (Å²) in [5.74, 6) is -0.820. The number of carbonyl (C=O) groups is 2. The number of nitrogens with zero attached hydrogens (tertiary/aromatic N) is 2. The van der Waals surface area contributed by atoms with Gasteiger partial charge in [-0.25, -0.2) is 8.42 Å². The number of aryl methyl sites for hydroxylation is 2. The molecule has 10 heteroatoms. The molecule has 2 atom stereocenters. The van der Waals surface area contributed by atoms with Crippen LogP contribution in [-0.4, -0.2) is 50.0 Å². The van der Waals surface area contributed by atoms with Gasteiger partial charge in [0.25, 0.3) is 0 Å². The lowest BCUT2D eigenvalue weighted by Crippen LogP contribution is -2.53. The fourth-order valence-electron chi connectivity index (χ4n) is 3.90. The van der Waals surface area contributed by atoms with Gasteiger partial charge in [-0.05, 0) is 74.6 Å². The Morgan fingerprint density at radius 3 is 2.11 bits per heavy atom. The molecule has 1 N–H and O–H groups in total. The molecule has 0 aliphatic rings. The van der Waals surface area contributed by atoms with Gasteiger partial charge in [-0.2, -0.15) is 0 Å². The van der Waals surface area contributed by atoms with Crippen molar-refractivity contribution in [3.05, 3.63) is 63.1 Å². The molecule has 2 aromatic rings. The SMILES string of the molecule is CC[C@H](C)NC(=O)[C@H](CC)N(Cc1ccc(Cl)cc1Cl)C(=O)CN(c1cc(C)cc(C)c1)S(C)(=O)=O. The quantitative estimate of drug-likeness (QED) is 0.418. The Morgan fingerprint density at radius 1 is 1.00 bits per heavy atom. The average Bonchev–Trinajstić information content (AvgIpc) is 2.76. The van der Waals surface area contributed by atoms with Crippen LogP contribution >= 0.6 is 23.2 Å². The first-order valence-electron chi connectivity index (χ1n) is 11.9. The third kappa shape index (κ3) is 8.11. The molecule has 0 saturated heterocycles. The van der Waals surface area contributed by atoms with Crippen LogP contribution in [0.3, 0.4) is 0 Å². The van der Waals surface area contributed by atoms with Gasteiger partial charge in [-0.15, -0.1) is 0 Å². The van der Waals surface area contributed by atoms with Crippen molar-refractivity contribution < 1.29 is 18.0 Å². The van der Waals surface area contributed by atoms with Crippen LogP contribution in [0.15, 0.2) is 36.4 Å². The minimum atomic E-state index is -3.80. The molecule has 0 heterocycles. The molecule has 198 valence electrons. The minimum absolute atomic E-state index is 0.0196. The Kier molecular flexibility index (Phi) is 10.6. The predicted octanol–water partition coefficient (Wildman–Crippen LogP) is 5.10. The summed E-state index contributed by atoms with van der Waals surface area (Å²) in [6.45, 7) is 8.93. The fourth-order valence-corrected chi connectivity index (χ4v) is 5.20. The van der Waals surface area contributed by atoms with E-state index in [1.54, 1.807) is 30.3 Å². The number of nitrogens with one attached hydrogen (secondary N) is 1. The summed E-state index contributed by atoms with van der Waals surface area (Å²) in [6.07, 6.45) is 2.13. The third-order valence-electron chi connectivity index (χ3n) is 5.92. The summed E-state index contributed by atoms with van der Waals surface area (Å²) >= 11 is 12.4. The van der Waals surface area contributed by atoms with Gasteiger partial charge < -0.3 is 10.2 Å². The standard InChI is InChI=1S/C26H35Cl2N3O4S/c1-7-19(5)29-26(33)24(8-2)30(15-20-9-10-21(27)14-23(20)28)25(32)16-31(36(6,34)35)22-12-17(3)11-18(4)13-22/h9-14,19,24H,7-8,15-16H2,1-6H3,(H,29,33)/t19-,24-/m0/s1. The Labute approximate surface area is 224 Å². The number of carbonyl (C=O) groups excluding carboxylic acids is 2. The zero-order chi connectivity index (χ0) is 27.2. The number of sulfonamides is 1. The van der Waals surface area contributed by atoms with Crippen molar-refractivity contribution in [2.45, 2.75) is 66.1 Å². The molecule has 0 bridgehead atoms. The van der Waals surface area contributed by atoms with E-state index in [1.165, 1.54) is 4.90 Å². The van der Waals surface area contributed by atoms with Crippen molar-refractivity contribution in [2.24, 2.45) is 0 Å². The molecule has 2 aromatic carbocycles. The van der Waals surface area contributed by atoms with Crippen LogP contribution in [-0.2, 0) is 26.2 Å². The molecule has 2 amide bonds. The van der Waals surface area contributed by atoms with E-state index in [4.69, 9.17) is 23.2 Å². The summed E-state index contributed by atoms with van der Waals surface area (Å²) in [5.41, 5.74) is 2.73. The number of rotatable bonds is 11. The van der Waals surface area contributed by atoms with Gasteiger partial charge in [0.05, 0.1) is 11.9 Å². The van der Waals surface area contributed by atoms with E-state index in [-0.39, 0.29) is 18.5 Å². The van der Waals surface area contributed by atoms with E-state index in [0.717, 1.165) is 28.1 Å². The molecule has 0 radical (unpaired) electrons. The largest absolute Gasteiger partial charge is 0.352 e. The molecule has 0 fully saturated rings. The van der Waals surface area contributed by atoms with Gasteiger partial charge in [0, 0.05) is 22.6 Å².